The molecule has 1 amide bonds. The third-order valence-electron chi connectivity index (χ3n) is 2.96. The smallest absolute Gasteiger partial charge is 0.245 e. The molecule has 2 atom stereocenters. The van der Waals surface area contributed by atoms with Gasteiger partial charge in [0.15, 0.2) is 5.11 Å². The van der Waals surface area contributed by atoms with Crippen LogP contribution in [0, 0.1) is 17.2 Å². The van der Waals surface area contributed by atoms with Crippen LogP contribution in [0.3, 0.4) is 0 Å². The normalized spacial score (nSPS) is 22.8. The van der Waals surface area contributed by atoms with Gasteiger partial charge in [-0.15, -0.1) is 0 Å². The molecule has 1 aliphatic heterocycles. The molecule has 0 radical (unpaired) electrons. The van der Waals surface area contributed by atoms with Crippen molar-refractivity contribution in [2.75, 3.05) is 0 Å². The number of nitrogens with zero attached hydrogens (tertiary/aromatic N) is 1. The third kappa shape index (κ3) is 2.84. The molecule has 1 aliphatic rings. The lowest BCUT2D eigenvalue weighted by Gasteiger charge is -2.29. The number of carbonyl (C=O) groups excluding carboxylic acids is 1. The Hall–Kier alpha value is -1.93. The zero-order valence-corrected chi connectivity index (χ0v) is 10.5. The highest BCUT2D eigenvalue weighted by atomic mass is 32.1. The fourth-order valence-electron chi connectivity index (χ4n) is 2.01. The van der Waals surface area contributed by atoms with Gasteiger partial charge in [0, 0.05) is 0 Å². The molecule has 0 aromatic heterocycles. The van der Waals surface area contributed by atoms with E-state index in [9.17, 15) is 4.79 Å². The lowest BCUT2D eigenvalue weighted by molar-refractivity contribution is -0.123. The molecule has 1 aromatic carbocycles. The molecule has 92 valence electrons. The van der Waals surface area contributed by atoms with Crippen molar-refractivity contribution in [1.29, 1.82) is 5.26 Å². The lowest BCUT2D eigenvalue weighted by Crippen LogP contribution is -2.57. The van der Waals surface area contributed by atoms with Crippen molar-refractivity contribution < 1.29 is 4.79 Å². The monoisotopic (exact) mass is 259 g/mol. The van der Waals surface area contributed by atoms with Gasteiger partial charge in [-0.05, 0) is 30.6 Å². The van der Waals surface area contributed by atoms with Crippen molar-refractivity contribution in [1.82, 2.24) is 10.6 Å². The van der Waals surface area contributed by atoms with Crippen molar-refractivity contribution in [2.24, 2.45) is 5.92 Å². The van der Waals surface area contributed by atoms with Crippen LogP contribution in [-0.4, -0.2) is 17.1 Å². The van der Waals surface area contributed by atoms with Gasteiger partial charge in [-0.2, -0.15) is 5.26 Å². The summed E-state index contributed by atoms with van der Waals surface area (Å²) in [6.45, 7) is 0. The van der Waals surface area contributed by atoms with Crippen molar-refractivity contribution in [3.05, 3.63) is 35.9 Å². The van der Waals surface area contributed by atoms with Crippen LogP contribution in [0.1, 0.15) is 12.0 Å². The SMILES string of the molecule is N#C[C@H]1C(=O)NC(=S)N[C@H]1CCc1ccccc1. The van der Waals surface area contributed by atoms with E-state index in [1.165, 1.54) is 5.56 Å². The Bertz CT molecular complexity index is 495. The molecule has 18 heavy (non-hydrogen) atoms. The number of rotatable bonds is 3. The molecule has 5 heteroatoms. The van der Waals surface area contributed by atoms with E-state index >= 15 is 0 Å². The predicted molar refractivity (Wildman–Crippen MR) is 71.5 cm³/mol. The molecule has 2 N–H and O–H groups in total. The highest BCUT2D eigenvalue weighted by Crippen LogP contribution is 2.14. The minimum Gasteiger partial charge on any atom is -0.358 e. The highest BCUT2D eigenvalue weighted by molar-refractivity contribution is 7.80. The van der Waals surface area contributed by atoms with Gasteiger partial charge in [0.25, 0.3) is 0 Å². The molecule has 1 saturated heterocycles. The van der Waals surface area contributed by atoms with Gasteiger partial charge >= 0.3 is 0 Å². The van der Waals surface area contributed by atoms with Gasteiger partial charge in [-0.1, -0.05) is 30.3 Å². The first-order valence-corrected chi connectivity index (χ1v) is 6.16. The molecule has 0 spiro atoms. The first-order chi connectivity index (χ1) is 8.70. The summed E-state index contributed by atoms with van der Waals surface area (Å²) < 4.78 is 0. The molecular weight excluding hydrogens is 246 g/mol. The number of benzene rings is 1. The quantitative estimate of drug-likeness (QED) is 0.799. The van der Waals surface area contributed by atoms with E-state index in [-0.39, 0.29) is 11.9 Å². The topological polar surface area (TPSA) is 64.9 Å². The van der Waals surface area contributed by atoms with Gasteiger partial charge in [0.2, 0.25) is 5.91 Å². The number of hydrogen-bond acceptors (Lipinski definition) is 3. The van der Waals surface area contributed by atoms with Crippen LogP contribution in [0.25, 0.3) is 0 Å². The molecule has 0 unspecified atom stereocenters. The lowest BCUT2D eigenvalue weighted by atomic mass is 9.93. The fourth-order valence-corrected chi connectivity index (χ4v) is 2.27. The number of thiocarbonyl (C=S) groups is 1. The van der Waals surface area contributed by atoms with E-state index < -0.39 is 5.92 Å². The van der Waals surface area contributed by atoms with E-state index in [2.05, 4.69) is 10.6 Å². The first-order valence-electron chi connectivity index (χ1n) is 5.75. The molecule has 0 bridgehead atoms. The largest absolute Gasteiger partial charge is 0.358 e. The maximum atomic E-state index is 11.6. The highest BCUT2D eigenvalue weighted by Gasteiger charge is 2.33. The van der Waals surface area contributed by atoms with Crippen molar-refractivity contribution >= 4 is 23.2 Å². The first kappa shape index (κ1) is 12.5. The van der Waals surface area contributed by atoms with E-state index in [4.69, 9.17) is 17.5 Å². The fraction of sp³-hybridized carbons (Fsp3) is 0.308. The van der Waals surface area contributed by atoms with Crippen LogP contribution in [0.4, 0.5) is 0 Å². The molecule has 0 saturated carbocycles. The van der Waals surface area contributed by atoms with Gasteiger partial charge in [-0.3, -0.25) is 4.79 Å². The number of nitriles is 1. The molecule has 1 heterocycles. The average molecular weight is 259 g/mol. The van der Waals surface area contributed by atoms with Crippen molar-refractivity contribution in [3.8, 4) is 6.07 Å². The Morgan fingerprint density at radius 3 is 2.72 bits per heavy atom. The Morgan fingerprint density at radius 1 is 1.33 bits per heavy atom. The van der Waals surface area contributed by atoms with Crippen molar-refractivity contribution in [2.45, 2.75) is 18.9 Å². The van der Waals surface area contributed by atoms with Crippen LogP contribution < -0.4 is 10.6 Å². The number of nitrogens with one attached hydrogen (secondary N) is 2. The van der Waals surface area contributed by atoms with Crippen LogP contribution in [0.2, 0.25) is 0 Å². The van der Waals surface area contributed by atoms with E-state index in [0.717, 1.165) is 6.42 Å². The Balaban J connectivity index is 2.01. The van der Waals surface area contributed by atoms with Crippen molar-refractivity contribution in [3.63, 3.8) is 0 Å². The maximum Gasteiger partial charge on any atom is 0.245 e. The summed E-state index contributed by atoms with van der Waals surface area (Å²) in [4.78, 5) is 11.6. The molecule has 1 fully saturated rings. The molecule has 0 aliphatic carbocycles. The van der Waals surface area contributed by atoms with Crippen LogP contribution >= 0.6 is 12.2 Å². The van der Waals surface area contributed by atoms with Gasteiger partial charge in [0.05, 0.1) is 12.1 Å². The molecule has 1 aromatic rings. The second-order valence-electron chi connectivity index (χ2n) is 4.20. The Kier molecular flexibility index (Phi) is 3.90. The summed E-state index contributed by atoms with van der Waals surface area (Å²) in [6.07, 6.45) is 1.52. The second-order valence-corrected chi connectivity index (χ2v) is 4.61. The van der Waals surface area contributed by atoms with Gasteiger partial charge in [-0.25, -0.2) is 0 Å². The maximum absolute atomic E-state index is 11.6. The predicted octanol–water partition coefficient (Wildman–Crippen LogP) is 1.13. The number of hydrogen-bond donors (Lipinski definition) is 2. The second kappa shape index (κ2) is 5.61. The van der Waals surface area contributed by atoms with E-state index in [0.29, 0.717) is 11.5 Å². The number of carbonyl (C=O) groups is 1. The Morgan fingerprint density at radius 2 is 2.06 bits per heavy atom. The van der Waals surface area contributed by atoms with Crippen LogP contribution in [0.15, 0.2) is 30.3 Å². The minimum atomic E-state index is -0.680. The summed E-state index contributed by atoms with van der Waals surface area (Å²) in [5.41, 5.74) is 1.19. The van der Waals surface area contributed by atoms with Crippen LogP contribution in [-0.2, 0) is 11.2 Å². The number of aryl methyl sites for hydroxylation is 1. The number of amides is 1. The van der Waals surface area contributed by atoms with E-state index in [1.54, 1.807) is 0 Å². The standard InChI is InChI=1S/C13H13N3OS/c14-8-10-11(15-13(18)16-12(10)17)7-6-9-4-2-1-3-5-9/h1-5,10-11H,6-7H2,(H2,15,16,17,18)/t10-,11+/m1/s1. The molecule has 2 rings (SSSR count). The third-order valence-corrected chi connectivity index (χ3v) is 3.18. The zero-order valence-electron chi connectivity index (χ0n) is 9.72. The summed E-state index contributed by atoms with van der Waals surface area (Å²) in [6, 6.07) is 11.8. The summed E-state index contributed by atoms with van der Waals surface area (Å²) in [7, 11) is 0. The average Bonchev–Trinajstić information content (AvgIpc) is 2.37. The summed E-state index contributed by atoms with van der Waals surface area (Å²) >= 11 is 4.94. The minimum absolute atomic E-state index is 0.212. The van der Waals surface area contributed by atoms with Gasteiger partial charge < -0.3 is 10.6 Å². The zero-order chi connectivity index (χ0) is 13.0. The molecular formula is C13H13N3OS. The summed E-state index contributed by atoms with van der Waals surface area (Å²) in [5, 5.41) is 14.8. The molecule has 4 nitrogen and oxygen atoms in total. The van der Waals surface area contributed by atoms with Gasteiger partial charge in [0.1, 0.15) is 5.92 Å². The summed E-state index contributed by atoms with van der Waals surface area (Å²) in [5.74, 6) is -0.986. The van der Waals surface area contributed by atoms with E-state index in [1.807, 2.05) is 36.4 Å². The van der Waals surface area contributed by atoms with Crippen LogP contribution in [0.5, 0.6) is 0 Å². The Labute approximate surface area is 111 Å².